The van der Waals surface area contributed by atoms with E-state index in [0.717, 1.165) is 36.6 Å². The largest absolute Gasteiger partial charge is 0.368 e. The topological polar surface area (TPSA) is 43.9 Å². The molecule has 23 heavy (non-hydrogen) atoms. The zero-order valence-electron chi connectivity index (χ0n) is 13.4. The number of anilines is 1. The first-order valence-corrected chi connectivity index (χ1v) is 8.50. The highest BCUT2D eigenvalue weighted by molar-refractivity contribution is 6.30. The number of amides is 2. The Kier molecular flexibility index (Phi) is 4.76. The molecule has 5 nitrogen and oxygen atoms in total. The maximum absolute atomic E-state index is 12.7. The zero-order chi connectivity index (χ0) is 16.4. The van der Waals surface area contributed by atoms with Gasteiger partial charge in [0.25, 0.3) is 0 Å². The summed E-state index contributed by atoms with van der Waals surface area (Å²) in [6.07, 6.45) is 1.70. The normalized spacial score (nSPS) is 21.7. The Balaban J connectivity index is 1.60. The number of hydrogen-bond acceptors (Lipinski definition) is 3. The Morgan fingerprint density at radius 2 is 1.87 bits per heavy atom. The molecule has 0 bridgehead atoms. The van der Waals surface area contributed by atoms with Crippen LogP contribution in [0.2, 0.25) is 5.02 Å². The van der Waals surface area contributed by atoms with Crippen molar-refractivity contribution in [2.75, 3.05) is 37.6 Å². The smallest absolute Gasteiger partial charge is 0.245 e. The molecule has 6 heteroatoms. The van der Waals surface area contributed by atoms with Crippen LogP contribution in [-0.4, -0.2) is 60.4 Å². The molecule has 2 heterocycles. The van der Waals surface area contributed by atoms with Gasteiger partial charge in [0.05, 0.1) is 0 Å². The molecule has 0 radical (unpaired) electrons. The number of carbonyl (C=O) groups excluding carboxylic acids is 2. The third-order valence-corrected chi connectivity index (χ3v) is 4.94. The maximum Gasteiger partial charge on any atom is 0.245 e. The van der Waals surface area contributed by atoms with Gasteiger partial charge >= 0.3 is 0 Å². The third kappa shape index (κ3) is 3.44. The van der Waals surface area contributed by atoms with E-state index in [1.165, 1.54) is 0 Å². The van der Waals surface area contributed by atoms with E-state index in [9.17, 15) is 9.59 Å². The summed E-state index contributed by atoms with van der Waals surface area (Å²) in [5, 5.41) is 0.726. The summed E-state index contributed by atoms with van der Waals surface area (Å²) < 4.78 is 0. The van der Waals surface area contributed by atoms with Gasteiger partial charge in [-0.3, -0.25) is 9.59 Å². The molecule has 124 valence electrons. The molecular weight excluding hydrogens is 314 g/mol. The van der Waals surface area contributed by atoms with E-state index >= 15 is 0 Å². The number of piperazine rings is 1. The van der Waals surface area contributed by atoms with E-state index < -0.39 is 0 Å². The summed E-state index contributed by atoms with van der Waals surface area (Å²) in [4.78, 5) is 30.2. The number of likely N-dealkylation sites (tertiary alicyclic amines) is 1. The molecule has 1 atom stereocenters. The SMILES string of the molecule is CC(=O)N1CCC[C@H]1C(=O)N1CCN(c2cccc(Cl)c2)CC1. The van der Waals surface area contributed by atoms with Gasteiger partial charge in [0.15, 0.2) is 0 Å². The molecule has 2 aliphatic heterocycles. The van der Waals surface area contributed by atoms with Crippen molar-refractivity contribution in [1.82, 2.24) is 9.80 Å². The molecule has 0 aliphatic carbocycles. The number of carbonyl (C=O) groups is 2. The van der Waals surface area contributed by atoms with Crippen molar-refractivity contribution in [2.45, 2.75) is 25.8 Å². The Morgan fingerprint density at radius 1 is 1.13 bits per heavy atom. The van der Waals surface area contributed by atoms with Gasteiger partial charge in [-0.15, -0.1) is 0 Å². The molecule has 2 saturated heterocycles. The first kappa shape index (κ1) is 16.1. The lowest BCUT2D eigenvalue weighted by molar-refractivity contribution is -0.143. The average Bonchev–Trinajstić information content (AvgIpc) is 3.04. The molecular formula is C17H22ClN3O2. The molecule has 0 saturated carbocycles. The van der Waals surface area contributed by atoms with Crippen LogP contribution in [0.4, 0.5) is 5.69 Å². The summed E-state index contributed by atoms with van der Waals surface area (Å²) in [6, 6.07) is 7.54. The molecule has 0 N–H and O–H groups in total. The number of hydrogen-bond donors (Lipinski definition) is 0. The van der Waals surface area contributed by atoms with Crippen LogP contribution in [0.15, 0.2) is 24.3 Å². The number of benzene rings is 1. The zero-order valence-corrected chi connectivity index (χ0v) is 14.1. The van der Waals surface area contributed by atoms with Gasteiger partial charge in [-0.1, -0.05) is 17.7 Å². The number of halogens is 1. The fraction of sp³-hybridized carbons (Fsp3) is 0.529. The molecule has 3 rings (SSSR count). The molecule has 0 spiro atoms. The molecule has 1 aromatic carbocycles. The monoisotopic (exact) mass is 335 g/mol. The minimum Gasteiger partial charge on any atom is -0.368 e. The van der Waals surface area contributed by atoms with Crippen molar-refractivity contribution in [2.24, 2.45) is 0 Å². The van der Waals surface area contributed by atoms with Crippen molar-refractivity contribution in [1.29, 1.82) is 0 Å². The first-order valence-electron chi connectivity index (χ1n) is 8.13. The quantitative estimate of drug-likeness (QED) is 0.830. The summed E-state index contributed by atoms with van der Waals surface area (Å²) in [6.45, 7) is 5.20. The average molecular weight is 336 g/mol. The predicted octanol–water partition coefficient (Wildman–Crippen LogP) is 2.00. The minimum absolute atomic E-state index is 0.00147. The van der Waals surface area contributed by atoms with Crippen LogP contribution in [0.3, 0.4) is 0 Å². The predicted molar refractivity (Wildman–Crippen MR) is 90.7 cm³/mol. The second-order valence-electron chi connectivity index (χ2n) is 6.16. The maximum atomic E-state index is 12.7. The Hall–Kier alpha value is -1.75. The Morgan fingerprint density at radius 3 is 2.52 bits per heavy atom. The van der Waals surface area contributed by atoms with E-state index in [2.05, 4.69) is 4.90 Å². The fourth-order valence-electron chi connectivity index (χ4n) is 3.47. The van der Waals surface area contributed by atoms with E-state index in [1.54, 1.807) is 11.8 Å². The summed E-state index contributed by atoms with van der Waals surface area (Å²) in [5.74, 6) is 0.0989. The van der Waals surface area contributed by atoms with Crippen LogP contribution in [0, 0.1) is 0 Å². The highest BCUT2D eigenvalue weighted by Gasteiger charge is 2.36. The van der Waals surface area contributed by atoms with Crippen LogP contribution < -0.4 is 4.90 Å². The van der Waals surface area contributed by atoms with E-state index in [0.29, 0.717) is 19.6 Å². The number of nitrogens with zero attached hydrogens (tertiary/aromatic N) is 3. The molecule has 1 aromatic rings. The molecule has 2 amide bonds. The van der Waals surface area contributed by atoms with Gasteiger partial charge in [-0.2, -0.15) is 0 Å². The standard InChI is InChI=1S/C17H22ClN3O2/c1-13(22)21-7-3-6-16(21)17(23)20-10-8-19(9-11-20)15-5-2-4-14(18)12-15/h2,4-5,12,16H,3,6-11H2,1H3/t16-/m0/s1. The molecule has 2 aliphatic rings. The van der Waals surface area contributed by atoms with Crippen LogP contribution in [0.25, 0.3) is 0 Å². The lowest BCUT2D eigenvalue weighted by Gasteiger charge is -2.38. The van der Waals surface area contributed by atoms with Gasteiger partial charge in [0.2, 0.25) is 11.8 Å². The van der Waals surface area contributed by atoms with Crippen LogP contribution in [0.5, 0.6) is 0 Å². The lowest BCUT2D eigenvalue weighted by Crippen LogP contribution is -2.54. The van der Waals surface area contributed by atoms with E-state index in [-0.39, 0.29) is 17.9 Å². The van der Waals surface area contributed by atoms with Gasteiger partial charge < -0.3 is 14.7 Å². The summed E-state index contributed by atoms with van der Waals surface area (Å²) in [5.41, 5.74) is 1.09. The van der Waals surface area contributed by atoms with Crippen molar-refractivity contribution < 1.29 is 9.59 Å². The third-order valence-electron chi connectivity index (χ3n) is 4.71. The Labute approximate surface area is 141 Å². The van der Waals surface area contributed by atoms with E-state index in [4.69, 9.17) is 11.6 Å². The van der Waals surface area contributed by atoms with Gasteiger partial charge in [-0.25, -0.2) is 0 Å². The van der Waals surface area contributed by atoms with Crippen LogP contribution >= 0.6 is 11.6 Å². The second kappa shape index (κ2) is 6.79. The van der Waals surface area contributed by atoms with Crippen LogP contribution in [-0.2, 0) is 9.59 Å². The van der Waals surface area contributed by atoms with Crippen molar-refractivity contribution in [3.05, 3.63) is 29.3 Å². The number of rotatable bonds is 2. The van der Waals surface area contributed by atoms with Gasteiger partial charge in [0, 0.05) is 50.4 Å². The van der Waals surface area contributed by atoms with Crippen molar-refractivity contribution >= 4 is 29.1 Å². The molecule has 0 aromatic heterocycles. The van der Waals surface area contributed by atoms with E-state index in [1.807, 2.05) is 29.2 Å². The minimum atomic E-state index is -0.259. The van der Waals surface area contributed by atoms with Crippen molar-refractivity contribution in [3.63, 3.8) is 0 Å². The Bertz CT molecular complexity index is 599. The highest BCUT2D eigenvalue weighted by Crippen LogP contribution is 2.23. The summed E-state index contributed by atoms with van der Waals surface area (Å²) >= 11 is 6.05. The highest BCUT2D eigenvalue weighted by atomic mass is 35.5. The molecule has 2 fully saturated rings. The first-order chi connectivity index (χ1) is 11.1. The molecule has 0 unspecified atom stereocenters. The van der Waals surface area contributed by atoms with Crippen molar-refractivity contribution in [3.8, 4) is 0 Å². The van der Waals surface area contributed by atoms with Gasteiger partial charge in [0.1, 0.15) is 6.04 Å². The summed E-state index contributed by atoms with van der Waals surface area (Å²) in [7, 11) is 0. The fourth-order valence-corrected chi connectivity index (χ4v) is 3.65. The lowest BCUT2D eigenvalue weighted by atomic mass is 10.1. The van der Waals surface area contributed by atoms with Crippen LogP contribution in [0.1, 0.15) is 19.8 Å². The van der Waals surface area contributed by atoms with Gasteiger partial charge in [-0.05, 0) is 31.0 Å². The second-order valence-corrected chi connectivity index (χ2v) is 6.60.